The molecule has 0 bridgehead atoms. The van der Waals surface area contributed by atoms with Crippen molar-refractivity contribution in [1.82, 2.24) is 0 Å². The zero-order valence-corrected chi connectivity index (χ0v) is 32.6. The second-order valence-corrected chi connectivity index (χ2v) is 20.0. The molecule has 0 atom stereocenters. The van der Waals surface area contributed by atoms with E-state index in [9.17, 15) is 0 Å². The molecule has 4 nitrogen and oxygen atoms in total. The van der Waals surface area contributed by atoms with Gasteiger partial charge in [-0.25, -0.2) is 0 Å². The van der Waals surface area contributed by atoms with E-state index in [1.807, 2.05) is 0 Å². The molecule has 1 aliphatic carbocycles. The van der Waals surface area contributed by atoms with Gasteiger partial charge in [0.15, 0.2) is 0 Å². The first kappa shape index (κ1) is 33.8. The maximum Gasteiger partial charge on any atom is 0.286 e. The molecule has 1 saturated heterocycles. The molecule has 2 aliphatic rings. The minimum atomic E-state index is -0.653. The van der Waals surface area contributed by atoms with E-state index in [2.05, 4.69) is 76.2 Å². The summed E-state index contributed by atoms with van der Waals surface area (Å²) >= 11 is 0. The summed E-state index contributed by atoms with van der Waals surface area (Å²) in [6, 6.07) is 18.9. The van der Waals surface area contributed by atoms with Crippen molar-refractivity contribution in [3.63, 3.8) is 0 Å². The summed E-state index contributed by atoms with van der Waals surface area (Å²) in [4.78, 5) is 0. The van der Waals surface area contributed by atoms with Crippen LogP contribution in [0.1, 0.15) is 122 Å². The highest BCUT2D eigenvalue weighted by Gasteiger charge is 2.53. The highest BCUT2D eigenvalue weighted by atomic mass is 28.4. The second-order valence-electron chi connectivity index (χ2n) is 12.5. The van der Waals surface area contributed by atoms with E-state index in [0.717, 1.165) is 0 Å². The highest BCUT2D eigenvalue weighted by molar-refractivity contribution is 6.50. The number of hydrogen-bond donors (Lipinski definition) is 0. The van der Waals surface area contributed by atoms with E-state index >= 15 is 0 Å². The van der Waals surface area contributed by atoms with Crippen LogP contribution in [0.4, 0.5) is 0 Å². The maximum atomic E-state index is 5.10. The molecule has 0 radical (unpaired) electrons. The average Bonchev–Trinajstić information content (AvgIpc) is 3.01. The second kappa shape index (κ2) is 17.4. The van der Waals surface area contributed by atoms with Crippen molar-refractivity contribution in [2.75, 3.05) is 0 Å². The number of aryl methyl sites for hydroxylation is 1. The van der Waals surface area contributed by atoms with Crippen molar-refractivity contribution in [3.05, 3.63) is 59.7 Å². The number of benzene rings is 3. The van der Waals surface area contributed by atoms with Crippen LogP contribution in [0.3, 0.4) is 0 Å². The third kappa shape index (κ3) is 7.75. The van der Waals surface area contributed by atoms with Crippen LogP contribution in [0.2, 0.25) is 0 Å². The Morgan fingerprint density at radius 2 is 1.10 bits per heavy atom. The van der Waals surface area contributed by atoms with Gasteiger partial charge in [-0.05, 0) is 76.6 Å². The smallest absolute Gasteiger partial charge is 0.286 e. The van der Waals surface area contributed by atoms with E-state index in [0.29, 0.717) is 10.8 Å². The first-order chi connectivity index (χ1) is 20.7. The fourth-order valence-corrected chi connectivity index (χ4v) is 15.1. The molecule has 1 aliphatic heterocycles. The van der Waals surface area contributed by atoms with Crippen molar-refractivity contribution in [2.24, 2.45) is 5.41 Å². The molecular weight excluding hydrogens is 585 g/mol. The van der Waals surface area contributed by atoms with Gasteiger partial charge < -0.3 is 16.5 Å². The molecule has 1 heterocycles. The van der Waals surface area contributed by atoms with Crippen LogP contribution in [0.25, 0.3) is 21.5 Å². The van der Waals surface area contributed by atoms with Gasteiger partial charge in [0.05, 0.1) is 0 Å². The summed E-state index contributed by atoms with van der Waals surface area (Å²) in [5, 5.41) is 5.79. The summed E-state index contributed by atoms with van der Waals surface area (Å²) in [6.07, 6.45) is 19.0. The molecule has 232 valence electrons. The molecule has 8 heteroatoms. The molecule has 3 aromatic carbocycles. The molecular formula is C34H56O4Si4. The Morgan fingerprint density at radius 3 is 1.67 bits per heavy atom. The average molecular weight is 641 g/mol. The van der Waals surface area contributed by atoms with Crippen molar-refractivity contribution in [1.29, 1.82) is 0 Å². The minimum absolute atomic E-state index is 0.344. The topological polar surface area (TPSA) is 36.9 Å². The third-order valence-corrected chi connectivity index (χ3v) is 15.4. The highest BCUT2D eigenvalue weighted by Crippen LogP contribution is 2.61. The van der Waals surface area contributed by atoms with E-state index in [1.165, 1.54) is 111 Å². The van der Waals surface area contributed by atoms with Crippen molar-refractivity contribution >= 4 is 61.6 Å². The Bertz CT molecular complexity index is 1200. The van der Waals surface area contributed by atoms with E-state index in [1.54, 1.807) is 11.1 Å². The molecule has 5 rings (SSSR count). The lowest BCUT2D eigenvalue weighted by Crippen LogP contribution is -2.49. The van der Waals surface area contributed by atoms with Gasteiger partial charge in [-0.3, -0.25) is 0 Å². The normalized spacial score (nSPS) is 20.4. The molecule has 0 spiro atoms. The van der Waals surface area contributed by atoms with Gasteiger partial charge in [0.1, 0.15) is 0 Å². The zero-order valence-electron chi connectivity index (χ0n) is 27.0. The van der Waals surface area contributed by atoms with Gasteiger partial charge in [0.2, 0.25) is 0 Å². The molecule has 0 amide bonds. The zero-order chi connectivity index (χ0) is 29.7. The van der Waals surface area contributed by atoms with Gasteiger partial charge in [-0.2, -0.15) is 0 Å². The van der Waals surface area contributed by atoms with Crippen LogP contribution in [0.15, 0.2) is 48.5 Å². The summed E-state index contributed by atoms with van der Waals surface area (Å²) in [6.45, 7) is 9.57. The Balaban J connectivity index is 0.000000437. The van der Waals surface area contributed by atoms with Crippen LogP contribution < -0.4 is 0 Å². The molecule has 3 aromatic rings. The third-order valence-electron chi connectivity index (χ3n) is 10.0. The largest absolute Gasteiger partial charge is 0.425 e. The lowest BCUT2D eigenvalue weighted by Gasteiger charge is -2.56. The number of fused-ring (bicyclic) bond motifs is 5. The quantitative estimate of drug-likeness (QED) is 0.158. The molecule has 0 N–H and O–H groups in total. The fourth-order valence-electron chi connectivity index (χ4n) is 7.90. The maximum absolute atomic E-state index is 5.10. The molecule has 0 saturated carbocycles. The van der Waals surface area contributed by atoms with E-state index in [-0.39, 0.29) is 0 Å². The summed E-state index contributed by atoms with van der Waals surface area (Å²) in [7, 11) is -2.61. The number of hydrogen-bond acceptors (Lipinski definition) is 4. The van der Waals surface area contributed by atoms with Crippen molar-refractivity contribution in [3.8, 4) is 0 Å². The summed E-state index contributed by atoms with van der Waals surface area (Å²) < 4.78 is 20.4. The standard InChI is InChI=1S/C34H48.H8O4Si4/c1-5-9-22-33(23-10-6-2)26-21-31-30-18-17-27-15-13-14-16-28(27)29(30)19-20-32(31)34(33,24-11-7-3)25-12-8-4;1-5-2-7-4-8-3-6-1/h13-20H,5-12,21-26H2,1-4H3;5-8H2. The summed E-state index contributed by atoms with van der Waals surface area (Å²) in [5.41, 5.74) is 4.26. The predicted octanol–water partition coefficient (Wildman–Crippen LogP) is 6.99. The van der Waals surface area contributed by atoms with Crippen LogP contribution in [-0.4, -0.2) is 40.0 Å². The number of rotatable bonds is 12. The van der Waals surface area contributed by atoms with Crippen molar-refractivity contribution < 1.29 is 16.5 Å². The lowest BCUT2D eigenvalue weighted by molar-refractivity contribution is 0.0388. The Morgan fingerprint density at radius 1 is 0.571 bits per heavy atom. The Kier molecular flexibility index (Phi) is 14.0. The SMILES string of the molecule is CCCCC1(CCCC)CCc2c(ccc3c2ccc2ccccc23)C1(CCCC)CCCC.O1[SiH2]O[SiH2]O[SiH2]O[SiH2]1. The summed E-state index contributed by atoms with van der Waals surface area (Å²) in [5.74, 6) is 0. The van der Waals surface area contributed by atoms with Gasteiger partial charge >= 0.3 is 0 Å². The molecule has 0 aromatic heterocycles. The minimum Gasteiger partial charge on any atom is -0.425 e. The van der Waals surface area contributed by atoms with Gasteiger partial charge in [-0.1, -0.05) is 128 Å². The first-order valence-corrected chi connectivity index (χ1v) is 21.5. The van der Waals surface area contributed by atoms with E-state index < -0.39 is 40.0 Å². The van der Waals surface area contributed by atoms with Gasteiger partial charge in [-0.15, -0.1) is 0 Å². The molecule has 42 heavy (non-hydrogen) atoms. The monoisotopic (exact) mass is 640 g/mol. The van der Waals surface area contributed by atoms with Crippen LogP contribution >= 0.6 is 0 Å². The first-order valence-electron chi connectivity index (χ1n) is 16.9. The Hall–Kier alpha value is -1.11. The van der Waals surface area contributed by atoms with E-state index in [4.69, 9.17) is 16.5 Å². The fraction of sp³-hybridized carbons (Fsp3) is 0.588. The van der Waals surface area contributed by atoms with Crippen LogP contribution in [0, 0.1) is 5.41 Å². The lowest BCUT2D eigenvalue weighted by atomic mass is 9.47. The van der Waals surface area contributed by atoms with Crippen LogP contribution in [-0.2, 0) is 28.3 Å². The van der Waals surface area contributed by atoms with Gasteiger partial charge in [0, 0.05) is 5.41 Å². The van der Waals surface area contributed by atoms with Gasteiger partial charge in [0.25, 0.3) is 40.0 Å². The Labute approximate surface area is 265 Å². The number of unbranched alkanes of at least 4 members (excludes halogenated alkanes) is 4. The van der Waals surface area contributed by atoms with Crippen molar-refractivity contribution in [2.45, 2.75) is 123 Å². The predicted molar refractivity (Wildman–Crippen MR) is 191 cm³/mol. The van der Waals surface area contributed by atoms with Crippen LogP contribution in [0.5, 0.6) is 0 Å². The molecule has 0 unspecified atom stereocenters. The molecule has 1 fully saturated rings.